The van der Waals surface area contributed by atoms with Crippen molar-refractivity contribution in [3.05, 3.63) is 39.6 Å². The highest BCUT2D eigenvalue weighted by atomic mass is 79.9. The van der Waals surface area contributed by atoms with Gasteiger partial charge in [0.2, 0.25) is 0 Å². The molecular weight excluding hydrogens is 334 g/mol. The minimum Gasteiger partial charge on any atom is -0.498 e. The zero-order chi connectivity index (χ0) is 15.4. The fraction of sp³-hybridized carbons (Fsp3) is 0.438. The number of allylic oxidation sites excluding steroid dienone is 1. The van der Waals surface area contributed by atoms with Crippen molar-refractivity contribution < 1.29 is 14.3 Å². The molecule has 4 nitrogen and oxygen atoms in total. The number of nitrogens with two attached hydrogens (primary N) is 1. The third-order valence-corrected chi connectivity index (χ3v) is 4.06. The molecule has 0 spiro atoms. The molecule has 1 aliphatic carbocycles. The second-order valence-corrected chi connectivity index (χ2v) is 5.83. The van der Waals surface area contributed by atoms with Gasteiger partial charge < -0.3 is 15.2 Å². The van der Waals surface area contributed by atoms with Crippen LogP contribution in [-0.2, 0) is 9.53 Å². The van der Waals surface area contributed by atoms with Crippen LogP contribution in [0.1, 0.15) is 37.8 Å². The van der Waals surface area contributed by atoms with Crippen LogP contribution in [0.4, 0.5) is 0 Å². The molecule has 0 aliphatic heterocycles. The lowest BCUT2D eigenvalue weighted by Gasteiger charge is -2.25. The van der Waals surface area contributed by atoms with Crippen molar-refractivity contribution >= 4 is 21.7 Å². The van der Waals surface area contributed by atoms with Gasteiger partial charge in [-0.05, 0) is 25.5 Å². The molecule has 0 fully saturated rings. The fourth-order valence-electron chi connectivity index (χ4n) is 2.60. The van der Waals surface area contributed by atoms with Gasteiger partial charge >= 0.3 is 0 Å². The van der Waals surface area contributed by atoms with Crippen molar-refractivity contribution in [1.29, 1.82) is 0 Å². The number of Topliss-reactive ketones (excluding diaryl/α,β-unsaturated/α-hetero) is 1. The van der Waals surface area contributed by atoms with Gasteiger partial charge in [-0.15, -0.1) is 0 Å². The number of carbonyl (C=O) groups excluding carboxylic acids is 1. The van der Waals surface area contributed by atoms with E-state index in [0.29, 0.717) is 24.4 Å². The van der Waals surface area contributed by atoms with Crippen LogP contribution in [0, 0.1) is 0 Å². The van der Waals surface area contributed by atoms with Crippen LogP contribution in [0.2, 0.25) is 0 Å². The first-order chi connectivity index (χ1) is 10.1. The van der Waals surface area contributed by atoms with Gasteiger partial charge in [0.15, 0.2) is 5.78 Å². The van der Waals surface area contributed by atoms with Crippen LogP contribution >= 0.6 is 15.9 Å². The monoisotopic (exact) mass is 353 g/mol. The minimum atomic E-state index is -0.526. The summed E-state index contributed by atoms with van der Waals surface area (Å²) in [6.45, 7) is 2.45. The molecule has 0 radical (unpaired) electrons. The molecule has 21 heavy (non-hydrogen) atoms. The van der Waals surface area contributed by atoms with Crippen molar-refractivity contribution in [2.24, 2.45) is 5.73 Å². The highest BCUT2D eigenvalue weighted by Crippen LogP contribution is 2.36. The van der Waals surface area contributed by atoms with E-state index in [4.69, 9.17) is 15.2 Å². The Kier molecular flexibility index (Phi) is 5.42. The van der Waals surface area contributed by atoms with E-state index in [0.717, 1.165) is 28.6 Å². The number of hydrogen-bond donors (Lipinski definition) is 1. The Morgan fingerprint density at radius 3 is 2.81 bits per heavy atom. The minimum absolute atomic E-state index is 0.0715. The van der Waals surface area contributed by atoms with Crippen molar-refractivity contribution in [2.45, 2.75) is 32.2 Å². The summed E-state index contributed by atoms with van der Waals surface area (Å²) in [5.41, 5.74) is 7.73. The molecule has 2 rings (SSSR count). The van der Waals surface area contributed by atoms with E-state index >= 15 is 0 Å². The number of hydrogen-bond acceptors (Lipinski definition) is 4. The molecule has 114 valence electrons. The van der Waals surface area contributed by atoms with E-state index < -0.39 is 6.04 Å². The van der Waals surface area contributed by atoms with Crippen LogP contribution in [0.15, 0.2) is 34.0 Å². The van der Waals surface area contributed by atoms with Crippen LogP contribution < -0.4 is 10.5 Å². The molecule has 1 unspecified atom stereocenters. The maximum absolute atomic E-state index is 12.3. The standard InChI is InChI=1S/C16H20BrNO3/c1-3-21-13-6-4-5-12(19)15(13)16(18)11-8-7-10(17)9-14(11)20-2/h7-9,16H,3-6,18H2,1-2H3. The average Bonchev–Trinajstić information content (AvgIpc) is 2.47. The van der Waals surface area contributed by atoms with Crippen LogP contribution in [0.5, 0.6) is 5.75 Å². The highest BCUT2D eigenvalue weighted by molar-refractivity contribution is 9.10. The lowest BCUT2D eigenvalue weighted by molar-refractivity contribution is -0.116. The SMILES string of the molecule is CCOC1=C(C(N)c2ccc(Br)cc2OC)C(=O)CCC1. The summed E-state index contributed by atoms with van der Waals surface area (Å²) in [6, 6.07) is 5.10. The molecule has 0 amide bonds. The van der Waals surface area contributed by atoms with E-state index in [1.807, 2.05) is 25.1 Å². The number of halogens is 1. The van der Waals surface area contributed by atoms with Crippen LogP contribution in [-0.4, -0.2) is 19.5 Å². The van der Waals surface area contributed by atoms with Crippen molar-refractivity contribution in [3.8, 4) is 5.75 Å². The molecule has 1 aromatic carbocycles. The third-order valence-electron chi connectivity index (χ3n) is 3.57. The molecule has 1 atom stereocenters. The van der Waals surface area contributed by atoms with Gasteiger partial charge in [0, 0.05) is 22.9 Å². The summed E-state index contributed by atoms with van der Waals surface area (Å²) in [5.74, 6) is 1.46. The van der Waals surface area contributed by atoms with E-state index in [-0.39, 0.29) is 5.78 Å². The summed E-state index contributed by atoms with van der Waals surface area (Å²) in [7, 11) is 1.60. The van der Waals surface area contributed by atoms with Gasteiger partial charge in [-0.3, -0.25) is 4.79 Å². The number of carbonyl (C=O) groups is 1. The van der Waals surface area contributed by atoms with Gasteiger partial charge in [0.05, 0.1) is 25.3 Å². The van der Waals surface area contributed by atoms with Crippen LogP contribution in [0.3, 0.4) is 0 Å². The van der Waals surface area contributed by atoms with Gasteiger partial charge in [0.1, 0.15) is 11.5 Å². The Balaban J connectivity index is 2.45. The largest absolute Gasteiger partial charge is 0.498 e. The van der Waals surface area contributed by atoms with Crippen LogP contribution in [0.25, 0.3) is 0 Å². The summed E-state index contributed by atoms with van der Waals surface area (Å²) in [6.07, 6.45) is 2.11. The number of ether oxygens (including phenoxy) is 2. The lowest BCUT2D eigenvalue weighted by Crippen LogP contribution is -2.25. The smallest absolute Gasteiger partial charge is 0.164 e. The summed E-state index contributed by atoms with van der Waals surface area (Å²) >= 11 is 3.41. The quantitative estimate of drug-likeness (QED) is 0.879. The first-order valence-corrected chi connectivity index (χ1v) is 7.85. The zero-order valence-corrected chi connectivity index (χ0v) is 13.9. The number of methoxy groups -OCH3 is 1. The Morgan fingerprint density at radius 1 is 1.38 bits per heavy atom. The summed E-state index contributed by atoms with van der Waals surface area (Å²) < 4.78 is 11.9. The third kappa shape index (κ3) is 3.47. The van der Waals surface area contributed by atoms with E-state index in [2.05, 4.69) is 15.9 Å². The van der Waals surface area contributed by atoms with Crippen molar-refractivity contribution in [3.63, 3.8) is 0 Å². The molecule has 0 heterocycles. The zero-order valence-electron chi connectivity index (χ0n) is 12.3. The molecule has 0 bridgehead atoms. The Hall–Kier alpha value is -1.33. The van der Waals surface area contributed by atoms with Gasteiger partial charge in [-0.25, -0.2) is 0 Å². The average molecular weight is 354 g/mol. The predicted octanol–water partition coefficient (Wildman–Crippen LogP) is 3.50. The number of rotatable bonds is 5. The molecule has 1 aromatic rings. The Labute approximate surface area is 133 Å². The Morgan fingerprint density at radius 2 is 2.14 bits per heavy atom. The first-order valence-electron chi connectivity index (χ1n) is 7.06. The molecule has 0 aromatic heterocycles. The first kappa shape index (κ1) is 16.0. The maximum Gasteiger partial charge on any atom is 0.164 e. The van der Waals surface area contributed by atoms with E-state index in [1.165, 1.54) is 0 Å². The second kappa shape index (κ2) is 7.09. The fourth-order valence-corrected chi connectivity index (χ4v) is 2.94. The van der Waals surface area contributed by atoms with E-state index in [9.17, 15) is 4.79 Å². The summed E-state index contributed by atoms with van der Waals surface area (Å²) in [5, 5.41) is 0. The summed E-state index contributed by atoms with van der Waals surface area (Å²) in [4.78, 5) is 12.3. The Bertz CT molecular complexity index is 569. The van der Waals surface area contributed by atoms with E-state index in [1.54, 1.807) is 7.11 Å². The van der Waals surface area contributed by atoms with Gasteiger partial charge in [-0.1, -0.05) is 22.0 Å². The molecule has 0 saturated heterocycles. The highest BCUT2D eigenvalue weighted by Gasteiger charge is 2.29. The number of benzene rings is 1. The maximum atomic E-state index is 12.3. The molecule has 1 aliphatic rings. The predicted molar refractivity (Wildman–Crippen MR) is 85.1 cm³/mol. The van der Waals surface area contributed by atoms with Gasteiger partial charge in [-0.2, -0.15) is 0 Å². The van der Waals surface area contributed by atoms with Crippen molar-refractivity contribution in [2.75, 3.05) is 13.7 Å². The topological polar surface area (TPSA) is 61.6 Å². The molecular formula is C16H20BrNO3. The van der Waals surface area contributed by atoms with Gasteiger partial charge in [0.25, 0.3) is 0 Å². The lowest BCUT2D eigenvalue weighted by atomic mass is 9.87. The molecule has 5 heteroatoms. The van der Waals surface area contributed by atoms with Crippen molar-refractivity contribution in [1.82, 2.24) is 0 Å². The molecule has 0 saturated carbocycles. The molecule has 2 N–H and O–H groups in total. The second-order valence-electron chi connectivity index (χ2n) is 4.91. The normalized spacial score (nSPS) is 16.9. The number of ketones is 1.